The number of likely N-dealkylation sites (tertiary alicyclic amines) is 1. The minimum absolute atomic E-state index is 0.0362. The molecule has 5 rings (SSSR count). The van der Waals surface area contributed by atoms with Gasteiger partial charge in [-0.3, -0.25) is 14.6 Å². The van der Waals surface area contributed by atoms with E-state index in [1.807, 2.05) is 42.0 Å². The van der Waals surface area contributed by atoms with Gasteiger partial charge in [0.25, 0.3) is 11.8 Å². The third kappa shape index (κ3) is 5.95. The average Bonchev–Trinajstić information content (AvgIpc) is 3.48. The summed E-state index contributed by atoms with van der Waals surface area (Å²) in [6.45, 7) is -0.340. The van der Waals surface area contributed by atoms with Gasteiger partial charge in [-0.25, -0.2) is 4.98 Å². The van der Waals surface area contributed by atoms with Crippen LogP contribution >= 0.6 is 0 Å². The van der Waals surface area contributed by atoms with Gasteiger partial charge < -0.3 is 19.5 Å². The fourth-order valence-electron chi connectivity index (χ4n) is 4.78. The third-order valence-electron chi connectivity index (χ3n) is 6.74. The lowest BCUT2D eigenvalue weighted by molar-refractivity contribution is -0.0503. The molecule has 1 saturated heterocycles. The summed E-state index contributed by atoms with van der Waals surface area (Å²) in [4.78, 5) is 36.7. The first-order chi connectivity index (χ1) is 18.9. The molecule has 3 heterocycles. The van der Waals surface area contributed by atoms with Gasteiger partial charge in [-0.05, 0) is 68.3 Å². The molecule has 1 aliphatic heterocycles. The molecule has 1 N–H and O–H groups in total. The number of piperidine rings is 1. The number of hydrogen-bond donors (Lipinski definition) is 1. The van der Waals surface area contributed by atoms with Crippen LogP contribution < -0.4 is 10.1 Å². The number of nitrogens with zero attached hydrogens (tertiary/aromatic N) is 4. The van der Waals surface area contributed by atoms with E-state index in [1.54, 1.807) is 41.7 Å². The van der Waals surface area contributed by atoms with Gasteiger partial charge in [0.2, 0.25) is 0 Å². The molecule has 10 heteroatoms. The van der Waals surface area contributed by atoms with Gasteiger partial charge in [0.15, 0.2) is 0 Å². The first kappa shape index (κ1) is 26.0. The van der Waals surface area contributed by atoms with Gasteiger partial charge in [0.05, 0.1) is 23.1 Å². The van der Waals surface area contributed by atoms with Crippen molar-refractivity contribution in [3.05, 3.63) is 102 Å². The van der Waals surface area contributed by atoms with E-state index >= 15 is 0 Å². The zero-order valence-electron chi connectivity index (χ0n) is 21.3. The number of benzene rings is 2. The summed E-state index contributed by atoms with van der Waals surface area (Å²) in [5.74, 6) is -0.800. The van der Waals surface area contributed by atoms with Gasteiger partial charge in [0.1, 0.15) is 5.75 Å². The van der Waals surface area contributed by atoms with E-state index in [9.17, 15) is 18.4 Å². The van der Waals surface area contributed by atoms with E-state index in [-0.39, 0.29) is 29.0 Å². The summed E-state index contributed by atoms with van der Waals surface area (Å²) >= 11 is 0. The summed E-state index contributed by atoms with van der Waals surface area (Å²) in [5, 5.41) is 2.96. The Labute approximate surface area is 224 Å². The molecule has 1 fully saturated rings. The fourth-order valence-corrected chi connectivity index (χ4v) is 4.78. The molecule has 4 aromatic rings. The van der Waals surface area contributed by atoms with Crippen LogP contribution in [0.2, 0.25) is 0 Å². The summed E-state index contributed by atoms with van der Waals surface area (Å²) in [5.41, 5.74) is 3.65. The van der Waals surface area contributed by atoms with Crippen molar-refractivity contribution >= 4 is 17.5 Å². The predicted octanol–water partition coefficient (Wildman–Crippen LogP) is 5.45. The quantitative estimate of drug-likeness (QED) is 0.343. The molecule has 0 aliphatic carbocycles. The number of aryl methyl sites for hydroxylation is 1. The molecule has 8 nitrogen and oxygen atoms in total. The zero-order chi connectivity index (χ0) is 27.4. The van der Waals surface area contributed by atoms with Gasteiger partial charge >= 0.3 is 6.61 Å². The molecule has 2 aromatic heterocycles. The maximum atomic E-state index is 13.3. The molecule has 0 saturated carbocycles. The van der Waals surface area contributed by atoms with E-state index in [1.165, 1.54) is 12.1 Å². The van der Waals surface area contributed by atoms with E-state index in [2.05, 4.69) is 15.0 Å². The molecule has 200 valence electrons. The molecule has 0 atom stereocenters. The zero-order valence-corrected chi connectivity index (χ0v) is 21.3. The van der Waals surface area contributed by atoms with Crippen molar-refractivity contribution in [2.45, 2.75) is 32.3 Å². The lowest BCUT2D eigenvalue weighted by atomic mass is 9.89. The summed E-state index contributed by atoms with van der Waals surface area (Å²) < 4.78 is 32.0. The first-order valence-corrected chi connectivity index (χ1v) is 12.6. The number of anilines is 1. The maximum Gasteiger partial charge on any atom is 0.387 e. The summed E-state index contributed by atoms with van der Waals surface area (Å²) in [7, 11) is 0. The first-order valence-electron chi connectivity index (χ1n) is 12.6. The second-order valence-electron chi connectivity index (χ2n) is 9.30. The monoisotopic (exact) mass is 531 g/mol. The average molecular weight is 532 g/mol. The Hall–Kier alpha value is -4.60. The lowest BCUT2D eigenvalue weighted by Crippen LogP contribution is -2.38. The van der Waals surface area contributed by atoms with Crippen molar-refractivity contribution in [2.24, 2.45) is 0 Å². The standard InChI is InChI=1S/C29H27F2N5O3/c1-19-6-11-24(27(37)34-21-7-9-22(10-8-21)36-17-14-32-18-36)26(33-19)20-12-15-35(16-13-20)28(38)23-4-2-3-5-25(23)39-29(30)31/h2-11,14,17-18,20,29H,12-13,15-16H2,1H3,(H,34,37). The number of rotatable bonds is 7. The number of hydrogen-bond acceptors (Lipinski definition) is 5. The number of pyridine rings is 1. The molecule has 1 aliphatic rings. The van der Waals surface area contributed by atoms with Crippen molar-refractivity contribution in [3.63, 3.8) is 0 Å². The fraction of sp³-hybridized carbons (Fsp3) is 0.241. The number of nitrogens with one attached hydrogen (secondary N) is 1. The highest BCUT2D eigenvalue weighted by Gasteiger charge is 2.29. The van der Waals surface area contributed by atoms with Crippen LogP contribution in [0.4, 0.5) is 14.5 Å². The summed E-state index contributed by atoms with van der Waals surface area (Å²) in [6, 6.07) is 17.0. The number of carbonyl (C=O) groups is 2. The molecular weight excluding hydrogens is 504 g/mol. The number of alkyl halides is 2. The topological polar surface area (TPSA) is 89.4 Å². The Balaban J connectivity index is 1.28. The lowest BCUT2D eigenvalue weighted by Gasteiger charge is -2.32. The SMILES string of the molecule is Cc1ccc(C(=O)Nc2ccc(-n3ccnc3)cc2)c(C2CCN(C(=O)c3ccccc3OC(F)F)CC2)n1. The van der Waals surface area contributed by atoms with E-state index in [0.717, 1.165) is 11.4 Å². The van der Waals surface area contributed by atoms with E-state index in [4.69, 9.17) is 4.98 Å². The van der Waals surface area contributed by atoms with Crippen LogP contribution in [0.5, 0.6) is 5.75 Å². The van der Waals surface area contributed by atoms with Crippen molar-refractivity contribution in [1.82, 2.24) is 19.4 Å². The molecule has 0 bridgehead atoms. The van der Waals surface area contributed by atoms with Crippen LogP contribution in [0.25, 0.3) is 5.69 Å². The van der Waals surface area contributed by atoms with Gasteiger partial charge in [-0.2, -0.15) is 8.78 Å². The molecule has 0 spiro atoms. The second kappa shape index (κ2) is 11.4. The van der Waals surface area contributed by atoms with Crippen molar-refractivity contribution < 1.29 is 23.1 Å². The highest BCUT2D eigenvalue weighted by atomic mass is 19.3. The van der Waals surface area contributed by atoms with Crippen LogP contribution in [0.15, 0.2) is 79.4 Å². The Morgan fingerprint density at radius 1 is 1.00 bits per heavy atom. The normalized spacial score (nSPS) is 13.9. The maximum absolute atomic E-state index is 13.3. The number of para-hydroxylation sites is 1. The van der Waals surface area contributed by atoms with E-state index < -0.39 is 6.61 Å². The molecule has 39 heavy (non-hydrogen) atoms. The van der Waals surface area contributed by atoms with E-state index in [0.29, 0.717) is 42.9 Å². The van der Waals surface area contributed by atoms with Crippen LogP contribution in [0.3, 0.4) is 0 Å². The molecule has 0 radical (unpaired) electrons. The predicted molar refractivity (Wildman–Crippen MR) is 141 cm³/mol. The highest BCUT2D eigenvalue weighted by Crippen LogP contribution is 2.32. The molecule has 0 unspecified atom stereocenters. The van der Waals surface area contributed by atoms with Crippen LogP contribution in [0.1, 0.15) is 50.9 Å². The molecule has 2 aromatic carbocycles. The second-order valence-corrected chi connectivity index (χ2v) is 9.30. The number of imidazole rings is 1. The number of amides is 2. The van der Waals surface area contributed by atoms with Gasteiger partial charge in [-0.15, -0.1) is 0 Å². The number of carbonyl (C=O) groups excluding carboxylic acids is 2. The van der Waals surface area contributed by atoms with Gasteiger partial charge in [-0.1, -0.05) is 12.1 Å². The number of ether oxygens (including phenoxy) is 1. The Morgan fingerprint density at radius 3 is 2.44 bits per heavy atom. The van der Waals surface area contributed by atoms with Crippen molar-refractivity contribution in [2.75, 3.05) is 18.4 Å². The van der Waals surface area contributed by atoms with Gasteiger partial charge in [0, 0.05) is 48.5 Å². The summed E-state index contributed by atoms with van der Waals surface area (Å²) in [6.07, 6.45) is 6.40. The Morgan fingerprint density at radius 2 is 1.74 bits per heavy atom. The van der Waals surface area contributed by atoms with Crippen LogP contribution in [-0.2, 0) is 0 Å². The smallest absolute Gasteiger partial charge is 0.387 e. The Bertz CT molecular complexity index is 1450. The van der Waals surface area contributed by atoms with Crippen LogP contribution in [0, 0.1) is 6.92 Å². The largest absolute Gasteiger partial charge is 0.434 e. The minimum Gasteiger partial charge on any atom is -0.434 e. The highest BCUT2D eigenvalue weighted by molar-refractivity contribution is 6.05. The van der Waals surface area contributed by atoms with Crippen LogP contribution in [-0.4, -0.2) is 51.0 Å². The number of halogens is 2. The van der Waals surface area contributed by atoms with Crippen molar-refractivity contribution in [1.29, 1.82) is 0 Å². The number of aromatic nitrogens is 3. The minimum atomic E-state index is -3.02. The molecular formula is C29H27F2N5O3. The van der Waals surface area contributed by atoms with Crippen molar-refractivity contribution in [3.8, 4) is 11.4 Å². The molecule has 2 amide bonds. The Kier molecular flexibility index (Phi) is 7.62. The third-order valence-corrected chi connectivity index (χ3v) is 6.74.